The number of rotatable bonds is 10. The van der Waals surface area contributed by atoms with Crippen LogP contribution in [0.4, 0.5) is 14.5 Å². The first-order chi connectivity index (χ1) is 15.1. The number of esters is 1. The van der Waals surface area contributed by atoms with E-state index in [1.54, 1.807) is 13.8 Å². The van der Waals surface area contributed by atoms with Crippen molar-refractivity contribution in [1.82, 2.24) is 4.31 Å². The number of carbonyl (C=O) groups is 2. The summed E-state index contributed by atoms with van der Waals surface area (Å²) in [6.07, 6.45) is 0. The van der Waals surface area contributed by atoms with Crippen molar-refractivity contribution in [2.24, 2.45) is 0 Å². The Hall–Kier alpha value is -2.21. The average Bonchev–Trinajstić information content (AvgIpc) is 2.74. The Bertz CT molecular complexity index is 1060. The predicted molar refractivity (Wildman–Crippen MR) is 119 cm³/mol. The topological polar surface area (TPSA) is 92.8 Å². The first-order valence-corrected chi connectivity index (χ1v) is 12.1. The maximum absolute atomic E-state index is 12.7. The molecule has 1 amide bonds. The van der Waals surface area contributed by atoms with Crippen LogP contribution in [0.2, 0.25) is 5.02 Å². The molecule has 7 nitrogen and oxygen atoms in total. The highest BCUT2D eigenvalue weighted by Crippen LogP contribution is 2.27. The van der Waals surface area contributed by atoms with Gasteiger partial charge < -0.3 is 10.1 Å². The Balaban J connectivity index is 2.03. The molecule has 0 aliphatic rings. The molecular formula is C20H21ClF2N2O5S2. The quantitative estimate of drug-likeness (QED) is 0.377. The lowest BCUT2D eigenvalue weighted by Crippen LogP contribution is -2.31. The van der Waals surface area contributed by atoms with Gasteiger partial charge in [0.15, 0.2) is 6.61 Å². The number of sulfonamides is 1. The molecule has 32 heavy (non-hydrogen) atoms. The molecule has 0 aliphatic carbocycles. The zero-order valence-corrected chi connectivity index (χ0v) is 19.6. The van der Waals surface area contributed by atoms with E-state index in [1.807, 2.05) is 0 Å². The number of hydrogen-bond donors (Lipinski definition) is 1. The van der Waals surface area contributed by atoms with Crippen molar-refractivity contribution in [2.45, 2.75) is 29.4 Å². The summed E-state index contributed by atoms with van der Waals surface area (Å²) < 4.78 is 56.3. The number of hydrogen-bond acceptors (Lipinski definition) is 6. The van der Waals surface area contributed by atoms with E-state index < -0.39 is 34.3 Å². The van der Waals surface area contributed by atoms with Gasteiger partial charge >= 0.3 is 5.97 Å². The van der Waals surface area contributed by atoms with Crippen LogP contribution >= 0.6 is 23.4 Å². The molecule has 0 aromatic heterocycles. The van der Waals surface area contributed by atoms with Crippen LogP contribution in [0.1, 0.15) is 24.2 Å². The molecule has 0 radical (unpaired) electrons. The maximum atomic E-state index is 12.7. The largest absolute Gasteiger partial charge is 0.452 e. The van der Waals surface area contributed by atoms with Gasteiger partial charge in [0.05, 0.1) is 10.6 Å². The molecule has 1 N–H and O–H groups in total. The van der Waals surface area contributed by atoms with E-state index in [9.17, 15) is 26.8 Å². The number of alkyl halides is 2. The molecule has 0 aliphatic heterocycles. The van der Waals surface area contributed by atoms with E-state index in [0.717, 1.165) is 6.07 Å². The second-order valence-electron chi connectivity index (χ2n) is 6.26. The lowest BCUT2D eigenvalue weighted by atomic mass is 10.2. The molecule has 0 atom stereocenters. The van der Waals surface area contributed by atoms with Crippen molar-refractivity contribution in [3.05, 3.63) is 53.1 Å². The zero-order chi connectivity index (χ0) is 23.9. The van der Waals surface area contributed by atoms with Gasteiger partial charge in [-0.2, -0.15) is 13.1 Å². The van der Waals surface area contributed by atoms with E-state index in [2.05, 4.69) is 5.32 Å². The molecule has 2 aromatic carbocycles. The Morgan fingerprint density at radius 3 is 2.31 bits per heavy atom. The standard InChI is InChI=1S/C20H21ClF2N2O5S2/c1-3-25(4-2)32(28,29)17-11-13(5-10-16(17)21)19(27)30-12-18(26)24-14-6-8-15(9-7-14)31-20(22)23/h5-11,20H,3-4,12H2,1-2H3,(H,24,26). The number of anilines is 1. The smallest absolute Gasteiger partial charge is 0.338 e. The minimum atomic E-state index is -3.91. The Morgan fingerprint density at radius 1 is 1.12 bits per heavy atom. The van der Waals surface area contributed by atoms with Crippen LogP contribution in [0.25, 0.3) is 0 Å². The van der Waals surface area contributed by atoms with E-state index in [0.29, 0.717) is 22.3 Å². The molecule has 0 saturated carbocycles. The number of thioether (sulfide) groups is 1. The van der Waals surface area contributed by atoms with Gasteiger partial charge in [0.25, 0.3) is 11.7 Å². The highest BCUT2D eigenvalue weighted by atomic mass is 35.5. The number of amides is 1. The van der Waals surface area contributed by atoms with Gasteiger partial charge in [-0.15, -0.1) is 0 Å². The van der Waals surface area contributed by atoms with Crippen LogP contribution in [0.5, 0.6) is 0 Å². The number of halogens is 3. The summed E-state index contributed by atoms with van der Waals surface area (Å²) in [6, 6.07) is 9.39. The summed E-state index contributed by atoms with van der Waals surface area (Å²) in [5.74, 6) is -4.11. The molecule has 0 spiro atoms. The van der Waals surface area contributed by atoms with Crippen LogP contribution < -0.4 is 5.32 Å². The summed E-state index contributed by atoms with van der Waals surface area (Å²) in [4.78, 5) is 24.4. The van der Waals surface area contributed by atoms with Gasteiger partial charge in [0, 0.05) is 23.7 Å². The molecular weight excluding hydrogens is 486 g/mol. The third kappa shape index (κ3) is 6.89. The van der Waals surface area contributed by atoms with Crippen molar-refractivity contribution in [3.8, 4) is 0 Å². The fourth-order valence-corrected chi connectivity index (χ4v) is 5.12. The molecule has 174 valence electrons. The van der Waals surface area contributed by atoms with Gasteiger partial charge in [0.1, 0.15) is 4.90 Å². The second kappa shape index (κ2) is 11.6. The van der Waals surface area contributed by atoms with Crippen molar-refractivity contribution >= 4 is 50.9 Å². The molecule has 0 heterocycles. The molecule has 2 rings (SSSR count). The lowest BCUT2D eigenvalue weighted by Gasteiger charge is -2.19. The monoisotopic (exact) mass is 506 g/mol. The first-order valence-electron chi connectivity index (χ1n) is 9.40. The first kappa shape index (κ1) is 26.0. The third-order valence-corrected chi connectivity index (χ3v) is 7.44. The highest BCUT2D eigenvalue weighted by Gasteiger charge is 2.26. The fraction of sp³-hybridized carbons (Fsp3) is 0.300. The lowest BCUT2D eigenvalue weighted by molar-refractivity contribution is -0.119. The van der Waals surface area contributed by atoms with Crippen molar-refractivity contribution in [1.29, 1.82) is 0 Å². The molecule has 0 unspecified atom stereocenters. The predicted octanol–water partition coefficient (Wildman–Crippen LogP) is 4.48. The SMILES string of the molecule is CCN(CC)S(=O)(=O)c1cc(C(=O)OCC(=O)Nc2ccc(SC(F)F)cc2)ccc1Cl. The number of ether oxygens (including phenoxy) is 1. The molecule has 12 heteroatoms. The van der Waals surface area contributed by atoms with Gasteiger partial charge in [-0.05, 0) is 42.5 Å². The Kier molecular flexibility index (Phi) is 9.44. The van der Waals surface area contributed by atoms with Gasteiger partial charge in [-0.1, -0.05) is 37.2 Å². The van der Waals surface area contributed by atoms with Crippen LogP contribution in [0.15, 0.2) is 52.3 Å². The summed E-state index contributed by atoms with van der Waals surface area (Å²) in [6.45, 7) is 3.18. The van der Waals surface area contributed by atoms with Gasteiger partial charge in [-0.25, -0.2) is 13.2 Å². The van der Waals surface area contributed by atoms with E-state index in [-0.39, 0.29) is 28.6 Å². The van der Waals surface area contributed by atoms with Crippen molar-refractivity contribution in [3.63, 3.8) is 0 Å². The van der Waals surface area contributed by atoms with E-state index in [4.69, 9.17) is 16.3 Å². The van der Waals surface area contributed by atoms with Crippen molar-refractivity contribution < 1.29 is 31.5 Å². The Morgan fingerprint density at radius 2 is 1.75 bits per heavy atom. The highest BCUT2D eigenvalue weighted by molar-refractivity contribution is 7.99. The summed E-state index contributed by atoms with van der Waals surface area (Å²) in [5.41, 5.74) is 0.255. The minimum absolute atomic E-state index is 0.0420. The van der Waals surface area contributed by atoms with E-state index in [1.165, 1.54) is 40.7 Å². The summed E-state index contributed by atoms with van der Waals surface area (Å²) in [5, 5.41) is 2.43. The number of nitrogens with one attached hydrogen (secondary N) is 1. The van der Waals surface area contributed by atoms with Gasteiger partial charge in [-0.3, -0.25) is 4.79 Å². The van der Waals surface area contributed by atoms with Crippen LogP contribution in [0, 0.1) is 0 Å². The summed E-state index contributed by atoms with van der Waals surface area (Å²) >= 11 is 6.41. The number of benzene rings is 2. The molecule has 0 saturated heterocycles. The number of nitrogens with zero attached hydrogens (tertiary/aromatic N) is 1. The normalized spacial score (nSPS) is 11.6. The molecule has 0 bridgehead atoms. The van der Waals surface area contributed by atoms with Crippen LogP contribution in [0.3, 0.4) is 0 Å². The third-order valence-electron chi connectivity index (χ3n) is 4.19. The van der Waals surface area contributed by atoms with Crippen LogP contribution in [-0.2, 0) is 19.6 Å². The molecule has 2 aromatic rings. The fourth-order valence-electron chi connectivity index (χ4n) is 2.66. The zero-order valence-electron chi connectivity index (χ0n) is 17.2. The van der Waals surface area contributed by atoms with Crippen LogP contribution in [-0.4, -0.2) is 50.1 Å². The number of carbonyl (C=O) groups excluding carboxylic acids is 2. The maximum Gasteiger partial charge on any atom is 0.338 e. The van der Waals surface area contributed by atoms with E-state index >= 15 is 0 Å². The van der Waals surface area contributed by atoms with Gasteiger partial charge in [0.2, 0.25) is 10.0 Å². The molecule has 0 fully saturated rings. The van der Waals surface area contributed by atoms with Crippen molar-refractivity contribution in [2.75, 3.05) is 25.0 Å². The Labute approximate surface area is 194 Å². The minimum Gasteiger partial charge on any atom is -0.452 e. The second-order valence-corrected chi connectivity index (χ2v) is 9.64. The summed E-state index contributed by atoms with van der Waals surface area (Å²) in [7, 11) is -3.91. The average molecular weight is 507 g/mol.